The number of halogens is 1. The van der Waals surface area contributed by atoms with Crippen molar-refractivity contribution in [2.45, 2.75) is 50.4 Å². The van der Waals surface area contributed by atoms with Gasteiger partial charge in [-0.3, -0.25) is 14.5 Å². The van der Waals surface area contributed by atoms with Crippen molar-refractivity contribution in [1.82, 2.24) is 19.2 Å². The highest BCUT2D eigenvalue weighted by Crippen LogP contribution is 2.55. The summed E-state index contributed by atoms with van der Waals surface area (Å²) >= 11 is 0. The van der Waals surface area contributed by atoms with E-state index in [1.54, 1.807) is 23.4 Å². The highest BCUT2D eigenvalue weighted by molar-refractivity contribution is 7.90. The molecule has 10 nitrogen and oxygen atoms in total. The zero-order valence-electron chi connectivity index (χ0n) is 24.4. The molecule has 2 aliphatic heterocycles. The van der Waals surface area contributed by atoms with E-state index in [0.29, 0.717) is 6.61 Å². The number of likely N-dealkylation sites (N-methyl/N-ethyl adjacent to an activating group) is 1. The number of likely N-dealkylation sites (tertiary alicyclic amines) is 1. The summed E-state index contributed by atoms with van der Waals surface area (Å²) in [5.41, 5.74) is 4.16. The molecule has 0 atom stereocenters. The van der Waals surface area contributed by atoms with Crippen LogP contribution in [0.2, 0.25) is 0 Å². The van der Waals surface area contributed by atoms with Crippen LogP contribution in [0, 0.1) is 0 Å². The van der Waals surface area contributed by atoms with Crippen LogP contribution in [0.25, 0.3) is 22.0 Å². The van der Waals surface area contributed by atoms with Crippen molar-refractivity contribution in [3.63, 3.8) is 0 Å². The lowest BCUT2D eigenvalue weighted by Gasteiger charge is -2.37. The van der Waals surface area contributed by atoms with Gasteiger partial charge < -0.3 is 14.5 Å². The molecule has 6 rings (SSSR count). The number of ether oxygens (including phenoxy) is 1. The molecule has 0 radical (unpaired) electrons. The van der Waals surface area contributed by atoms with Gasteiger partial charge in [0.15, 0.2) is 0 Å². The van der Waals surface area contributed by atoms with Crippen molar-refractivity contribution < 1.29 is 17.9 Å². The van der Waals surface area contributed by atoms with Gasteiger partial charge in [0.25, 0.3) is 0 Å². The minimum absolute atomic E-state index is 0. The maximum absolute atomic E-state index is 13.2. The zero-order valence-corrected chi connectivity index (χ0v) is 26.1. The average molecular weight is 615 g/mol. The number of aromatic nitrogens is 2. The molecule has 1 saturated heterocycles. The van der Waals surface area contributed by atoms with Crippen LogP contribution in [0.5, 0.6) is 5.88 Å². The molecule has 0 bridgehead atoms. The molecule has 4 heterocycles. The molecule has 1 N–H and O–H groups in total. The minimum Gasteiger partial charge on any atom is -0.476 e. The first kappa shape index (κ1) is 30.5. The molecular weight excluding hydrogens is 576 g/mol. The summed E-state index contributed by atoms with van der Waals surface area (Å²) < 4.78 is 35.4. The van der Waals surface area contributed by atoms with E-state index in [1.165, 1.54) is 33.4 Å². The average Bonchev–Trinajstić information content (AvgIpc) is 3.18. The molecule has 1 aromatic carbocycles. The number of carbonyl (C=O) groups is 1. The Bertz CT molecular complexity index is 1590. The number of pyridine rings is 2. The molecule has 1 aliphatic carbocycles. The molecular formula is C30H39ClN6O4S. The smallest absolute Gasteiger partial charge is 0.301 e. The summed E-state index contributed by atoms with van der Waals surface area (Å²) in [7, 11) is 0.992. The highest BCUT2D eigenvalue weighted by atomic mass is 35.5. The number of amides is 1. The molecule has 2 aromatic heterocycles. The van der Waals surface area contributed by atoms with E-state index >= 15 is 0 Å². The van der Waals surface area contributed by atoms with Gasteiger partial charge in [0, 0.05) is 50.4 Å². The lowest BCUT2D eigenvalue weighted by Crippen LogP contribution is -2.43. The molecule has 3 aromatic rings. The second-order valence-electron chi connectivity index (χ2n) is 11.6. The Labute approximate surface area is 254 Å². The zero-order chi connectivity index (χ0) is 28.8. The fourth-order valence-corrected chi connectivity index (χ4v) is 6.93. The van der Waals surface area contributed by atoms with Crippen LogP contribution in [0.4, 0.5) is 11.4 Å². The number of nitrogens with zero attached hydrogens (tertiary/aromatic N) is 5. The molecule has 2 fully saturated rings. The Hall–Kier alpha value is -2.99. The minimum atomic E-state index is -3.78. The quantitative estimate of drug-likeness (QED) is 0.351. The first-order valence-electron chi connectivity index (χ1n) is 14.5. The van der Waals surface area contributed by atoms with Crippen LogP contribution in [0.15, 0.2) is 36.7 Å². The number of rotatable bonds is 9. The molecule has 226 valence electrons. The molecule has 3 aliphatic rings. The van der Waals surface area contributed by atoms with Crippen LogP contribution < -0.4 is 14.4 Å². The van der Waals surface area contributed by atoms with Crippen molar-refractivity contribution >= 4 is 50.8 Å². The number of nitrogens with one attached hydrogen (secondary N) is 1. The van der Waals surface area contributed by atoms with E-state index in [2.05, 4.69) is 19.6 Å². The Kier molecular flexibility index (Phi) is 8.67. The van der Waals surface area contributed by atoms with Crippen LogP contribution in [-0.4, -0.2) is 80.9 Å². The fraction of sp³-hybridized carbons (Fsp3) is 0.500. The number of benzene rings is 1. The summed E-state index contributed by atoms with van der Waals surface area (Å²) in [5.74, 6) is 0.393. The van der Waals surface area contributed by atoms with Gasteiger partial charge in [-0.25, -0.2) is 4.98 Å². The number of hydrogen-bond donors (Lipinski definition) is 1. The summed E-state index contributed by atoms with van der Waals surface area (Å²) in [6, 6.07) is 7.72. The van der Waals surface area contributed by atoms with Gasteiger partial charge in [0.1, 0.15) is 5.69 Å². The van der Waals surface area contributed by atoms with Gasteiger partial charge in [0.05, 0.1) is 29.4 Å². The Morgan fingerprint density at radius 1 is 1.02 bits per heavy atom. The number of hydrogen-bond acceptors (Lipinski definition) is 7. The second kappa shape index (κ2) is 11.9. The van der Waals surface area contributed by atoms with Crippen LogP contribution in [0.3, 0.4) is 0 Å². The second-order valence-corrected chi connectivity index (χ2v) is 13.5. The third kappa shape index (κ3) is 5.43. The molecule has 1 amide bonds. The predicted molar refractivity (Wildman–Crippen MR) is 168 cm³/mol. The van der Waals surface area contributed by atoms with Gasteiger partial charge in [-0.05, 0) is 69.0 Å². The monoisotopic (exact) mass is 614 g/mol. The van der Waals surface area contributed by atoms with Crippen molar-refractivity contribution in [2.75, 3.05) is 57.0 Å². The molecule has 0 unspecified atom stereocenters. The third-order valence-corrected chi connectivity index (χ3v) is 10.3. The maximum Gasteiger partial charge on any atom is 0.301 e. The van der Waals surface area contributed by atoms with Gasteiger partial charge in [-0.15, -0.1) is 12.4 Å². The SMILES string of the molecule is CN1C(=O)C2(CCC2)c2c1cnc1ccc(-c3cnc(OCCCN4CCCCC4)c(NS(=O)(=O)N(C)C)c3)cc21.Cl. The lowest BCUT2D eigenvalue weighted by atomic mass is 9.64. The van der Waals surface area contributed by atoms with Crippen LogP contribution in [0.1, 0.15) is 50.5 Å². The predicted octanol–water partition coefficient (Wildman–Crippen LogP) is 4.59. The van der Waals surface area contributed by atoms with Gasteiger partial charge in [-0.1, -0.05) is 18.9 Å². The number of piperidine rings is 1. The molecule has 42 heavy (non-hydrogen) atoms. The van der Waals surface area contributed by atoms with Crippen LogP contribution >= 0.6 is 12.4 Å². The number of carbonyl (C=O) groups excluding carboxylic acids is 1. The summed E-state index contributed by atoms with van der Waals surface area (Å²) in [5, 5.41) is 0.950. The first-order chi connectivity index (χ1) is 19.7. The lowest BCUT2D eigenvalue weighted by molar-refractivity contribution is -0.125. The van der Waals surface area contributed by atoms with Crippen molar-refractivity contribution in [3.8, 4) is 17.0 Å². The first-order valence-corrected chi connectivity index (χ1v) is 15.9. The van der Waals surface area contributed by atoms with E-state index < -0.39 is 15.6 Å². The van der Waals surface area contributed by atoms with Crippen molar-refractivity contribution in [1.29, 1.82) is 0 Å². The Morgan fingerprint density at radius 3 is 2.48 bits per heavy atom. The molecule has 12 heteroatoms. The van der Waals surface area contributed by atoms with Gasteiger partial charge >= 0.3 is 10.2 Å². The van der Waals surface area contributed by atoms with Crippen molar-refractivity contribution in [3.05, 3.63) is 42.2 Å². The van der Waals surface area contributed by atoms with Gasteiger partial charge in [-0.2, -0.15) is 12.7 Å². The van der Waals surface area contributed by atoms with E-state index in [1.807, 2.05) is 25.2 Å². The summed E-state index contributed by atoms with van der Waals surface area (Å²) in [4.78, 5) is 26.6. The Balaban J connectivity index is 0.00000353. The van der Waals surface area contributed by atoms with E-state index in [-0.39, 0.29) is 29.9 Å². The highest BCUT2D eigenvalue weighted by Gasteiger charge is 2.54. The summed E-state index contributed by atoms with van der Waals surface area (Å²) in [6.07, 6.45) is 10.8. The Morgan fingerprint density at radius 2 is 1.79 bits per heavy atom. The fourth-order valence-electron chi connectivity index (χ4n) is 6.32. The standard InChI is InChI=1S/C30H38N6O4S.ClH/c1-34(2)41(38,39)33-25-18-22(19-32-28(25)40-16-8-15-36-13-5-4-6-14-36)21-9-10-24-23(17-21)27-26(20-31-24)35(3)29(37)30(27)11-7-12-30;/h9-10,17-20,33H,4-8,11-16H2,1-3H3;1H. The maximum atomic E-state index is 13.2. The van der Waals surface area contributed by atoms with E-state index in [4.69, 9.17) is 4.74 Å². The van der Waals surface area contributed by atoms with E-state index in [9.17, 15) is 13.2 Å². The number of fused-ring (bicyclic) bond motifs is 4. The van der Waals surface area contributed by atoms with Crippen LogP contribution in [-0.2, 0) is 20.4 Å². The normalized spacial score (nSPS) is 18.2. The third-order valence-electron chi connectivity index (χ3n) is 8.82. The molecule has 1 saturated carbocycles. The molecule has 1 spiro atoms. The van der Waals surface area contributed by atoms with Gasteiger partial charge in [0.2, 0.25) is 11.8 Å². The van der Waals surface area contributed by atoms with E-state index in [0.717, 1.165) is 82.9 Å². The largest absolute Gasteiger partial charge is 0.476 e. The number of anilines is 2. The topological polar surface area (TPSA) is 108 Å². The van der Waals surface area contributed by atoms with Crippen molar-refractivity contribution in [2.24, 2.45) is 0 Å². The summed E-state index contributed by atoms with van der Waals surface area (Å²) in [6.45, 7) is 3.64.